The van der Waals surface area contributed by atoms with Crippen molar-refractivity contribution in [1.29, 1.82) is 0 Å². The summed E-state index contributed by atoms with van der Waals surface area (Å²) in [6.45, 7) is 2.13. The number of likely N-dealkylation sites (tertiary alicyclic amines) is 1. The van der Waals surface area contributed by atoms with Gasteiger partial charge in [-0.2, -0.15) is 0 Å². The molecule has 3 fully saturated rings. The minimum atomic E-state index is -0.760. The molecule has 0 spiro atoms. The molecule has 1 heterocycles. The molecule has 0 amide bonds. The number of carbonyl (C=O) groups is 1. The molecule has 0 unspecified atom stereocenters. The zero-order valence-electron chi connectivity index (χ0n) is 14.5. The van der Waals surface area contributed by atoms with Gasteiger partial charge >= 0.3 is 0 Å². The van der Waals surface area contributed by atoms with Gasteiger partial charge < -0.3 is 10.2 Å². The van der Waals surface area contributed by atoms with Crippen molar-refractivity contribution < 1.29 is 15.0 Å². The van der Waals surface area contributed by atoms with Gasteiger partial charge in [-0.15, -0.1) is 0 Å². The molecule has 2 saturated carbocycles. The first-order chi connectivity index (χ1) is 11.5. The molecular weight excluding hydrogens is 302 g/mol. The summed E-state index contributed by atoms with van der Waals surface area (Å²) in [6.07, 6.45) is 8.36. The molecule has 132 valence electrons. The molecule has 0 aromatic carbocycles. The van der Waals surface area contributed by atoms with Gasteiger partial charge in [-0.25, -0.2) is 0 Å². The van der Waals surface area contributed by atoms with E-state index in [9.17, 15) is 15.0 Å². The molecule has 2 N–H and O–H groups in total. The SMILES string of the molecule is O=C1CC[C@@]2(O)[C@H]3CC4=C(C[C@H](O)CC4)[C@@]2(CCN3CC2CC2)C1. The molecule has 5 aliphatic rings. The second kappa shape index (κ2) is 5.15. The van der Waals surface area contributed by atoms with E-state index in [1.807, 2.05) is 0 Å². The first kappa shape index (κ1) is 15.5. The lowest BCUT2D eigenvalue weighted by Gasteiger charge is -2.65. The maximum absolute atomic E-state index is 12.4. The Morgan fingerprint density at radius 3 is 2.75 bits per heavy atom. The largest absolute Gasteiger partial charge is 0.393 e. The lowest BCUT2D eigenvalue weighted by Crippen LogP contribution is -2.71. The summed E-state index contributed by atoms with van der Waals surface area (Å²) >= 11 is 0. The first-order valence-electron chi connectivity index (χ1n) is 9.89. The number of hydrogen-bond acceptors (Lipinski definition) is 4. The standard InChI is InChI=1S/C20H29NO3/c22-15-4-3-14-9-18-20(24)6-5-16(23)11-19(20,17(14)10-15)7-8-21(18)12-13-1-2-13/h13,15,18,22,24H,1-12H2/t15-,18-,19-,20-/m1/s1. The second-order valence-corrected chi connectivity index (χ2v) is 9.11. The maximum Gasteiger partial charge on any atom is 0.134 e. The fourth-order valence-electron chi connectivity index (χ4n) is 6.36. The van der Waals surface area contributed by atoms with Crippen LogP contribution in [-0.2, 0) is 4.79 Å². The molecule has 4 atom stereocenters. The Labute approximate surface area is 143 Å². The predicted octanol–water partition coefficient (Wildman–Crippen LogP) is 2.19. The van der Waals surface area contributed by atoms with E-state index in [2.05, 4.69) is 4.90 Å². The summed E-state index contributed by atoms with van der Waals surface area (Å²) in [6, 6.07) is 0.189. The van der Waals surface area contributed by atoms with Crippen LogP contribution in [0.1, 0.15) is 64.2 Å². The van der Waals surface area contributed by atoms with E-state index in [4.69, 9.17) is 0 Å². The number of carbonyl (C=O) groups excluding carboxylic acids is 1. The number of piperidine rings is 1. The lowest BCUT2D eigenvalue weighted by molar-refractivity contribution is -0.191. The molecule has 4 heteroatoms. The van der Waals surface area contributed by atoms with Crippen molar-refractivity contribution in [2.75, 3.05) is 13.1 Å². The highest BCUT2D eigenvalue weighted by atomic mass is 16.3. The molecule has 4 aliphatic carbocycles. The van der Waals surface area contributed by atoms with E-state index >= 15 is 0 Å². The maximum atomic E-state index is 12.4. The van der Waals surface area contributed by atoms with Crippen LogP contribution in [0.25, 0.3) is 0 Å². The van der Waals surface area contributed by atoms with Crippen LogP contribution in [0.15, 0.2) is 11.1 Å². The topological polar surface area (TPSA) is 60.8 Å². The minimum Gasteiger partial charge on any atom is -0.393 e. The Morgan fingerprint density at radius 1 is 1.12 bits per heavy atom. The van der Waals surface area contributed by atoms with E-state index in [0.29, 0.717) is 31.5 Å². The lowest BCUT2D eigenvalue weighted by atomic mass is 9.47. The van der Waals surface area contributed by atoms with Crippen LogP contribution in [0.5, 0.6) is 0 Å². The zero-order valence-corrected chi connectivity index (χ0v) is 14.5. The third-order valence-electron chi connectivity index (χ3n) is 7.78. The quantitative estimate of drug-likeness (QED) is 0.762. The molecule has 2 bridgehead atoms. The summed E-state index contributed by atoms with van der Waals surface area (Å²) in [4.78, 5) is 14.9. The van der Waals surface area contributed by atoms with Crippen molar-refractivity contribution >= 4 is 5.78 Å². The predicted molar refractivity (Wildman–Crippen MR) is 90.4 cm³/mol. The highest BCUT2D eigenvalue weighted by Crippen LogP contribution is 2.62. The first-order valence-corrected chi connectivity index (χ1v) is 9.89. The fourth-order valence-corrected chi connectivity index (χ4v) is 6.36. The summed E-state index contributed by atoms with van der Waals surface area (Å²) in [5.74, 6) is 1.14. The molecule has 1 aliphatic heterocycles. The Balaban J connectivity index is 1.59. The van der Waals surface area contributed by atoms with E-state index < -0.39 is 5.60 Å². The highest BCUT2D eigenvalue weighted by molar-refractivity contribution is 5.81. The smallest absolute Gasteiger partial charge is 0.134 e. The van der Waals surface area contributed by atoms with Gasteiger partial charge in [0.15, 0.2) is 0 Å². The minimum absolute atomic E-state index is 0.189. The molecule has 4 nitrogen and oxygen atoms in total. The van der Waals surface area contributed by atoms with Crippen molar-refractivity contribution in [3.8, 4) is 0 Å². The number of aliphatic hydroxyl groups is 2. The normalized spacial score (nSPS) is 45.8. The Morgan fingerprint density at radius 2 is 1.96 bits per heavy atom. The van der Waals surface area contributed by atoms with Crippen molar-refractivity contribution in [2.24, 2.45) is 11.3 Å². The van der Waals surface area contributed by atoms with Crippen molar-refractivity contribution in [1.82, 2.24) is 4.90 Å². The van der Waals surface area contributed by atoms with E-state index in [0.717, 1.165) is 44.7 Å². The molecular formula is C20H29NO3. The summed E-state index contributed by atoms with van der Waals surface area (Å²) in [7, 11) is 0. The van der Waals surface area contributed by atoms with Crippen LogP contribution in [0.2, 0.25) is 0 Å². The average molecular weight is 331 g/mol. The number of aliphatic hydroxyl groups excluding tert-OH is 1. The monoisotopic (exact) mass is 331 g/mol. The van der Waals surface area contributed by atoms with Crippen LogP contribution in [-0.4, -0.2) is 51.7 Å². The van der Waals surface area contributed by atoms with Crippen molar-refractivity contribution in [2.45, 2.75) is 82.0 Å². The van der Waals surface area contributed by atoms with Gasteiger partial charge in [0.05, 0.1) is 11.7 Å². The summed E-state index contributed by atoms with van der Waals surface area (Å²) in [5.41, 5.74) is 1.61. The molecule has 0 aromatic heterocycles. The average Bonchev–Trinajstić information content (AvgIpc) is 3.36. The molecule has 24 heavy (non-hydrogen) atoms. The van der Waals surface area contributed by atoms with Crippen molar-refractivity contribution in [3.63, 3.8) is 0 Å². The Kier molecular flexibility index (Phi) is 3.33. The Bertz CT molecular complexity index is 610. The van der Waals surface area contributed by atoms with Crippen LogP contribution in [0.3, 0.4) is 0 Å². The summed E-state index contributed by atoms with van der Waals surface area (Å²) in [5, 5.41) is 22.1. The molecule has 0 aromatic rings. The number of rotatable bonds is 2. The van der Waals surface area contributed by atoms with Crippen molar-refractivity contribution in [3.05, 3.63) is 11.1 Å². The van der Waals surface area contributed by atoms with Gasteiger partial charge in [0.25, 0.3) is 0 Å². The highest BCUT2D eigenvalue weighted by Gasteiger charge is 2.65. The third kappa shape index (κ3) is 2.06. The van der Waals surface area contributed by atoms with E-state index in [1.54, 1.807) is 0 Å². The Hall–Kier alpha value is -0.710. The second-order valence-electron chi connectivity index (χ2n) is 9.11. The van der Waals surface area contributed by atoms with E-state index in [1.165, 1.54) is 24.0 Å². The van der Waals surface area contributed by atoms with Gasteiger partial charge in [-0.1, -0.05) is 11.1 Å². The summed E-state index contributed by atoms with van der Waals surface area (Å²) < 4.78 is 0. The van der Waals surface area contributed by atoms with E-state index in [-0.39, 0.29) is 17.6 Å². The van der Waals surface area contributed by atoms with Crippen LogP contribution < -0.4 is 0 Å². The van der Waals surface area contributed by atoms with Gasteiger partial charge in [0.1, 0.15) is 5.78 Å². The zero-order chi connectivity index (χ0) is 16.5. The van der Waals surface area contributed by atoms with Crippen LogP contribution >= 0.6 is 0 Å². The third-order valence-corrected chi connectivity index (χ3v) is 7.78. The molecule has 5 rings (SSSR count). The van der Waals surface area contributed by atoms with Gasteiger partial charge in [0, 0.05) is 30.8 Å². The number of hydrogen-bond donors (Lipinski definition) is 2. The van der Waals surface area contributed by atoms with Gasteiger partial charge in [-0.3, -0.25) is 9.69 Å². The number of ketones is 1. The van der Waals surface area contributed by atoms with Gasteiger partial charge in [-0.05, 0) is 63.8 Å². The van der Waals surface area contributed by atoms with Crippen LogP contribution in [0.4, 0.5) is 0 Å². The van der Waals surface area contributed by atoms with Gasteiger partial charge in [0.2, 0.25) is 0 Å². The number of Topliss-reactive ketones (excluding diaryl/α,β-unsaturated/α-hetero) is 1. The molecule has 1 saturated heterocycles. The number of nitrogens with zero attached hydrogens (tertiary/aromatic N) is 1. The van der Waals surface area contributed by atoms with Crippen LogP contribution in [0, 0.1) is 11.3 Å². The molecule has 0 radical (unpaired) electrons. The fraction of sp³-hybridized carbons (Fsp3) is 0.850.